The summed E-state index contributed by atoms with van der Waals surface area (Å²) in [6.07, 6.45) is 0.691. The number of hydrogen-bond donors (Lipinski definition) is 2. The normalized spacial score (nSPS) is 33.8. The minimum absolute atomic E-state index is 0.168. The maximum Gasteiger partial charge on any atom is 0.0629 e. The van der Waals surface area contributed by atoms with Crippen molar-refractivity contribution in [2.45, 2.75) is 19.4 Å². The van der Waals surface area contributed by atoms with E-state index in [1.165, 1.54) is 0 Å². The largest absolute Gasteiger partial charge is 0.392 e. The van der Waals surface area contributed by atoms with Crippen molar-refractivity contribution in [3.8, 4) is 0 Å². The summed E-state index contributed by atoms with van der Waals surface area (Å²) in [5, 5.41) is 12.7. The van der Waals surface area contributed by atoms with E-state index >= 15 is 0 Å². The Morgan fingerprint density at radius 3 is 2.80 bits per heavy atom. The molecule has 2 N–H and O–H groups in total. The van der Waals surface area contributed by atoms with Crippen LogP contribution in [-0.4, -0.2) is 24.3 Å². The molecule has 58 valence electrons. The van der Waals surface area contributed by atoms with E-state index in [-0.39, 0.29) is 12.0 Å². The summed E-state index contributed by atoms with van der Waals surface area (Å²) < 4.78 is 0. The molecular formula is C8H15NO. The summed E-state index contributed by atoms with van der Waals surface area (Å²) in [6, 6.07) is 0. The third kappa shape index (κ3) is 1.58. The van der Waals surface area contributed by atoms with Crippen LogP contribution in [0.15, 0.2) is 12.2 Å². The van der Waals surface area contributed by atoms with Gasteiger partial charge in [-0.1, -0.05) is 12.2 Å². The molecular weight excluding hydrogens is 126 g/mol. The summed E-state index contributed by atoms with van der Waals surface area (Å²) in [6.45, 7) is 7.62. The second kappa shape index (κ2) is 3.17. The van der Waals surface area contributed by atoms with Gasteiger partial charge >= 0.3 is 0 Å². The van der Waals surface area contributed by atoms with E-state index in [9.17, 15) is 5.11 Å². The Morgan fingerprint density at radius 2 is 2.40 bits per heavy atom. The highest BCUT2D eigenvalue weighted by Gasteiger charge is 2.22. The van der Waals surface area contributed by atoms with Crippen LogP contribution in [0.4, 0.5) is 0 Å². The Balaban J connectivity index is 2.47. The van der Waals surface area contributed by atoms with Gasteiger partial charge in [-0.25, -0.2) is 0 Å². The molecule has 1 rings (SSSR count). The number of piperidine rings is 1. The van der Waals surface area contributed by atoms with Crippen molar-refractivity contribution in [2.24, 2.45) is 5.92 Å². The fourth-order valence-corrected chi connectivity index (χ4v) is 1.35. The van der Waals surface area contributed by atoms with Crippen LogP contribution in [0.25, 0.3) is 0 Å². The van der Waals surface area contributed by atoms with Gasteiger partial charge in [0.2, 0.25) is 0 Å². The van der Waals surface area contributed by atoms with Crippen molar-refractivity contribution in [1.82, 2.24) is 5.32 Å². The standard InChI is InChI=1S/C8H15NO/c1-6(2)7-5-9-4-3-8(7)10/h7-10H,1,3-5H2,2H3. The molecule has 0 aliphatic carbocycles. The zero-order chi connectivity index (χ0) is 7.56. The molecule has 10 heavy (non-hydrogen) atoms. The molecule has 1 aliphatic heterocycles. The third-order valence-electron chi connectivity index (χ3n) is 2.08. The molecule has 1 heterocycles. The fraction of sp³-hybridized carbons (Fsp3) is 0.750. The zero-order valence-corrected chi connectivity index (χ0v) is 6.43. The summed E-state index contributed by atoms with van der Waals surface area (Å²) >= 11 is 0. The highest BCUT2D eigenvalue weighted by Crippen LogP contribution is 2.17. The lowest BCUT2D eigenvalue weighted by Crippen LogP contribution is -2.40. The molecule has 2 atom stereocenters. The van der Waals surface area contributed by atoms with Crippen LogP contribution in [-0.2, 0) is 0 Å². The Hall–Kier alpha value is -0.340. The highest BCUT2D eigenvalue weighted by atomic mass is 16.3. The van der Waals surface area contributed by atoms with E-state index < -0.39 is 0 Å². The third-order valence-corrected chi connectivity index (χ3v) is 2.08. The quantitative estimate of drug-likeness (QED) is 0.522. The fourth-order valence-electron chi connectivity index (χ4n) is 1.35. The molecule has 0 aromatic carbocycles. The second-order valence-corrected chi connectivity index (χ2v) is 3.01. The summed E-state index contributed by atoms with van der Waals surface area (Å²) in [5.41, 5.74) is 1.08. The minimum atomic E-state index is -0.168. The molecule has 2 nitrogen and oxygen atoms in total. The van der Waals surface area contributed by atoms with Gasteiger partial charge in [0.25, 0.3) is 0 Å². The van der Waals surface area contributed by atoms with Gasteiger partial charge in [-0.3, -0.25) is 0 Å². The molecule has 0 radical (unpaired) electrons. The summed E-state index contributed by atoms with van der Waals surface area (Å²) in [7, 11) is 0. The van der Waals surface area contributed by atoms with E-state index in [0.29, 0.717) is 0 Å². The first kappa shape index (κ1) is 7.76. The zero-order valence-electron chi connectivity index (χ0n) is 6.43. The van der Waals surface area contributed by atoms with Gasteiger partial charge in [0.15, 0.2) is 0 Å². The number of hydrogen-bond acceptors (Lipinski definition) is 2. The number of aliphatic hydroxyl groups excluding tert-OH is 1. The molecule has 2 heteroatoms. The summed E-state index contributed by atoms with van der Waals surface area (Å²) in [4.78, 5) is 0. The van der Waals surface area contributed by atoms with Crippen molar-refractivity contribution in [3.05, 3.63) is 12.2 Å². The van der Waals surface area contributed by atoms with Crippen molar-refractivity contribution in [2.75, 3.05) is 13.1 Å². The van der Waals surface area contributed by atoms with Crippen molar-refractivity contribution in [3.63, 3.8) is 0 Å². The Labute approximate surface area is 61.9 Å². The lowest BCUT2D eigenvalue weighted by atomic mass is 9.91. The number of nitrogens with one attached hydrogen (secondary N) is 1. The van der Waals surface area contributed by atoms with Crippen molar-refractivity contribution >= 4 is 0 Å². The lowest BCUT2D eigenvalue weighted by molar-refractivity contribution is 0.0963. The molecule has 1 fully saturated rings. The predicted octanol–water partition coefficient (Wildman–Crippen LogP) is 0.533. The Bertz CT molecular complexity index is 133. The molecule has 2 unspecified atom stereocenters. The average Bonchev–Trinajstić information content (AvgIpc) is 1.88. The van der Waals surface area contributed by atoms with Gasteiger partial charge in [-0.15, -0.1) is 0 Å². The maximum atomic E-state index is 9.44. The van der Waals surface area contributed by atoms with Crippen molar-refractivity contribution < 1.29 is 5.11 Å². The van der Waals surface area contributed by atoms with Crippen molar-refractivity contribution in [1.29, 1.82) is 0 Å². The van der Waals surface area contributed by atoms with Crippen LogP contribution >= 0.6 is 0 Å². The van der Waals surface area contributed by atoms with E-state index in [1.807, 2.05) is 6.92 Å². The maximum absolute atomic E-state index is 9.44. The first-order valence-electron chi connectivity index (χ1n) is 3.76. The SMILES string of the molecule is C=C(C)C1CNCCC1O. The van der Waals surface area contributed by atoms with Crippen LogP contribution in [0, 0.1) is 5.92 Å². The smallest absolute Gasteiger partial charge is 0.0629 e. The van der Waals surface area contributed by atoms with Crippen LogP contribution in [0.1, 0.15) is 13.3 Å². The van der Waals surface area contributed by atoms with E-state index in [4.69, 9.17) is 0 Å². The van der Waals surface area contributed by atoms with Crippen LogP contribution < -0.4 is 5.32 Å². The number of aliphatic hydroxyl groups is 1. The topological polar surface area (TPSA) is 32.3 Å². The monoisotopic (exact) mass is 141 g/mol. The molecule has 0 amide bonds. The molecule has 1 saturated heterocycles. The predicted molar refractivity (Wildman–Crippen MR) is 41.8 cm³/mol. The van der Waals surface area contributed by atoms with Gasteiger partial charge in [0.1, 0.15) is 0 Å². The molecule has 1 aliphatic rings. The Kier molecular flexibility index (Phi) is 2.46. The Morgan fingerprint density at radius 1 is 1.70 bits per heavy atom. The minimum Gasteiger partial charge on any atom is -0.392 e. The molecule has 0 aromatic rings. The van der Waals surface area contributed by atoms with Gasteiger partial charge in [-0.2, -0.15) is 0 Å². The van der Waals surface area contributed by atoms with E-state index in [0.717, 1.165) is 25.1 Å². The van der Waals surface area contributed by atoms with E-state index in [1.54, 1.807) is 0 Å². The average molecular weight is 141 g/mol. The van der Waals surface area contributed by atoms with Gasteiger partial charge in [0, 0.05) is 12.5 Å². The van der Waals surface area contributed by atoms with E-state index in [2.05, 4.69) is 11.9 Å². The van der Waals surface area contributed by atoms with Gasteiger partial charge in [0.05, 0.1) is 6.10 Å². The molecule has 0 aromatic heterocycles. The molecule has 0 bridgehead atoms. The lowest BCUT2D eigenvalue weighted by Gasteiger charge is -2.28. The first-order chi connectivity index (χ1) is 4.72. The highest BCUT2D eigenvalue weighted by molar-refractivity contribution is 5.02. The van der Waals surface area contributed by atoms with Gasteiger partial charge < -0.3 is 10.4 Å². The van der Waals surface area contributed by atoms with Crippen LogP contribution in [0.3, 0.4) is 0 Å². The first-order valence-corrected chi connectivity index (χ1v) is 3.76. The van der Waals surface area contributed by atoms with Crippen LogP contribution in [0.5, 0.6) is 0 Å². The number of rotatable bonds is 1. The molecule has 0 saturated carbocycles. The second-order valence-electron chi connectivity index (χ2n) is 3.01. The summed E-state index contributed by atoms with van der Waals surface area (Å²) in [5.74, 6) is 0.272. The molecule has 0 spiro atoms. The van der Waals surface area contributed by atoms with Gasteiger partial charge in [-0.05, 0) is 19.9 Å². The van der Waals surface area contributed by atoms with Crippen LogP contribution in [0.2, 0.25) is 0 Å².